The fraction of sp³-hybridized carbons (Fsp3) is 0.346. The Morgan fingerprint density at radius 1 is 1.19 bits per heavy atom. The second-order valence-electron chi connectivity index (χ2n) is 8.50. The van der Waals surface area contributed by atoms with E-state index in [1.54, 1.807) is 11.3 Å². The van der Waals surface area contributed by atoms with E-state index in [0.29, 0.717) is 12.1 Å². The summed E-state index contributed by atoms with van der Waals surface area (Å²) in [6, 6.07) is 18.1. The zero-order valence-electron chi connectivity index (χ0n) is 17.9. The first-order chi connectivity index (χ1) is 15.2. The summed E-state index contributed by atoms with van der Waals surface area (Å²) >= 11 is 3.48. The van der Waals surface area contributed by atoms with Crippen LogP contribution in [0.2, 0.25) is 0 Å². The van der Waals surface area contributed by atoms with Crippen molar-refractivity contribution in [3.63, 3.8) is 0 Å². The van der Waals surface area contributed by atoms with Crippen LogP contribution in [0.5, 0.6) is 0 Å². The number of hydrazone groups is 1. The van der Waals surface area contributed by atoms with Crippen LogP contribution in [0.1, 0.15) is 55.9 Å². The number of allylic oxidation sites excluding steroid dienone is 2. The van der Waals surface area contributed by atoms with E-state index in [4.69, 9.17) is 5.10 Å². The number of benzene rings is 2. The zero-order valence-corrected chi connectivity index (χ0v) is 19.5. The van der Waals surface area contributed by atoms with Gasteiger partial charge in [-0.2, -0.15) is 5.10 Å². The SMILES string of the molecule is C/C=C\C(CC[C@@H]1CC[C@@H]2NCCc3c2n1c1ccccc31)=N/Nc1ccc(Br)cc1. The van der Waals surface area contributed by atoms with E-state index < -0.39 is 0 Å². The van der Waals surface area contributed by atoms with Gasteiger partial charge in [0.1, 0.15) is 0 Å². The number of hydrogen-bond acceptors (Lipinski definition) is 3. The van der Waals surface area contributed by atoms with Crippen LogP contribution >= 0.6 is 15.9 Å². The molecule has 2 aliphatic rings. The van der Waals surface area contributed by atoms with Crippen LogP contribution in [0.25, 0.3) is 10.9 Å². The second kappa shape index (κ2) is 9.01. The predicted molar refractivity (Wildman–Crippen MR) is 134 cm³/mol. The van der Waals surface area contributed by atoms with Crippen molar-refractivity contribution in [1.29, 1.82) is 0 Å². The van der Waals surface area contributed by atoms with Gasteiger partial charge in [0.2, 0.25) is 0 Å². The van der Waals surface area contributed by atoms with Crippen molar-refractivity contribution < 1.29 is 0 Å². The Morgan fingerprint density at radius 2 is 2.03 bits per heavy atom. The normalized spacial score (nSPS) is 20.9. The van der Waals surface area contributed by atoms with Crippen molar-refractivity contribution in [3.05, 3.63) is 76.4 Å². The molecular formula is C26H29BrN4. The van der Waals surface area contributed by atoms with Gasteiger partial charge in [0.25, 0.3) is 0 Å². The molecule has 0 saturated heterocycles. The number of anilines is 1. The molecule has 2 atom stereocenters. The van der Waals surface area contributed by atoms with Crippen molar-refractivity contribution in [2.45, 2.75) is 51.1 Å². The van der Waals surface area contributed by atoms with Crippen LogP contribution in [-0.2, 0) is 6.42 Å². The van der Waals surface area contributed by atoms with E-state index in [0.717, 1.165) is 41.7 Å². The van der Waals surface area contributed by atoms with E-state index in [9.17, 15) is 0 Å². The Morgan fingerprint density at radius 3 is 2.87 bits per heavy atom. The summed E-state index contributed by atoms with van der Waals surface area (Å²) in [5.41, 5.74) is 9.84. The Bertz CT molecular complexity index is 1130. The maximum Gasteiger partial charge on any atom is 0.0604 e. The Hall–Kier alpha value is -2.37. The standard InChI is InChI=1S/C26H29BrN4/c1-2-5-19(29-30-20-10-8-18(27)9-11-20)12-13-21-14-15-24-26-23(16-17-28-24)22-6-3-4-7-25(22)31(21)26/h2-11,21,24,28,30H,12-17H2,1H3/b5-2-,29-19+/t21-,24+/m1/s1. The third-order valence-corrected chi connectivity index (χ3v) is 7.10. The Labute approximate surface area is 192 Å². The maximum absolute atomic E-state index is 4.71. The largest absolute Gasteiger partial charge is 0.340 e. The van der Waals surface area contributed by atoms with E-state index in [1.807, 2.05) is 24.3 Å². The summed E-state index contributed by atoms with van der Waals surface area (Å²) in [5, 5.41) is 9.92. The number of aromatic nitrogens is 1. The zero-order chi connectivity index (χ0) is 21.2. The molecule has 0 unspecified atom stereocenters. The topological polar surface area (TPSA) is 41.4 Å². The highest BCUT2D eigenvalue weighted by Gasteiger charge is 2.33. The monoisotopic (exact) mass is 476 g/mol. The third-order valence-electron chi connectivity index (χ3n) is 6.57. The molecule has 4 nitrogen and oxygen atoms in total. The highest BCUT2D eigenvalue weighted by Crippen LogP contribution is 2.43. The van der Waals surface area contributed by atoms with Gasteiger partial charge < -0.3 is 9.88 Å². The van der Waals surface area contributed by atoms with Crippen molar-refractivity contribution in [2.75, 3.05) is 12.0 Å². The molecule has 0 aliphatic carbocycles. The van der Waals surface area contributed by atoms with Crippen LogP contribution < -0.4 is 10.7 Å². The summed E-state index contributed by atoms with van der Waals surface area (Å²) in [6.45, 7) is 3.15. The minimum atomic E-state index is 0.509. The van der Waals surface area contributed by atoms with Gasteiger partial charge in [0.15, 0.2) is 0 Å². The van der Waals surface area contributed by atoms with Crippen LogP contribution in [0, 0.1) is 0 Å². The lowest BCUT2D eigenvalue weighted by molar-refractivity contribution is 0.315. The lowest BCUT2D eigenvalue weighted by Gasteiger charge is -2.36. The molecule has 160 valence electrons. The van der Waals surface area contributed by atoms with Gasteiger partial charge in [-0.3, -0.25) is 5.43 Å². The molecule has 5 heteroatoms. The minimum Gasteiger partial charge on any atom is -0.340 e. The number of nitrogens with zero attached hydrogens (tertiary/aromatic N) is 2. The molecule has 3 aromatic rings. The maximum atomic E-state index is 4.71. The van der Waals surface area contributed by atoms with Crippen molar-refractivity contribution in [3.8, 4) is 0 Å². The molecule has 31 heavy (non-hydrogen) atoms. The number of halogens is 1. The van der Waals surface area contributed by atoms with Gasteiger partial charge in [-0.1, -0.05) is 40.2 Å². The van der Waals surface area contributed by atoms with E-state index in [-0.39, 0.29) is 0 Å². The molecule has 0 radical (unpaired) electrons. The first-order valence-electron chi connectivity index (χ1n) is 11.3. The Balaban J connectivity index is 1.39. The van der Waals surface area contributed by atoms with E-state index in [2.05, 4.69) is 74.6 Å². The fourth-order valence-corrected chi connectivity index (χ4v) is 5.46. The van der Waals surface area contributed by atoms with Crippen LogP contribution in [0.15, 0.2) is 70.3 Å². The van der Waals surface area contributed by atoms with Gasteiger partial charge >= 0.3 is 0 Å². The molecule has 5 rings (SSSR count). The highest BCUT2D eigenvalue weighted by atomic mass is 79.9. The quantitative estimate of drug-likeness (QED) is 0.305. The molecule has 2 aromatic carbocycles. The lowest BCUT2D eigenvalue weighted by atomic mass is 9.90. The molecular weight excluding hydrogens is 448 g/mol. The fourth-order valence-electron chi connectivity index (χ4n) is 5.20. The van der Waals surface area contributed by atoms with Gasteiger partial charge in [-0.05, 0) is 87.5 Å². The molecule has 2 aliphatic heterocycles. The van der Waals surface area contributed by atoms with Crippen molar-refractivity contribution >= 4 is 38.2 Å². The molecule has 3 heterocycles. The average molecular weight is 477 g/mol. The van der Waals surface area contributed by atoms with E-state index in [1.165, 1.54) is 23.7 Å². The lowest BCUT2D eigenvalue weighted by Crippen LogP contribution is -2.35. The van der Waals surface area contributed by atoms with Crippen LogP contribution in [0.3, 0.4) is 0 Å². The minimum absolute atomic E-state index is 0.509. The molecule has 0 amide bonds. The summed E-state index contributed by atoms with van der Waals surface area (Å²) < 4.78 is 3.73. The molecule has 0 spiro atoms. The summed E-state index contributed by atoms with van der Waals surface area (Å²) in [5.74, 6) is 0. The van der Waals surface area contributed by atoms with Gasteiger partial charge in [-0.15, -0.1) is 0 Å². The second-order valence-corrected chi connectivity index (χ2v) is 9.42. The molecule has 0 fully saturated rings. The average Bonchev–Trinajstić information content (AvgIpc) is 3.14. The summed E-state index contributed by atoms with van der Waals surface area (Å²) in [4.78, 5) is 0. The predicted octanol–water partition coefficient (Wildman–Crippen LogP) is 6.75. The number of nitrogens with one attached hydrogen (secondary N) is 2. The van der Waals surface area contributed by atoms with Crippen LogP contribution in [0.4, 0.5) is 5.69 Å². The third kappa shape index (κ3) is 4.09. The number of para-hydroxylation sites is 1. The molecule has 1 aromatic heterocycles. The first kappa shape index (κ1) is 20.5. The van der Waals surface area contributed by atoms with Gasteiger partial charge in [-0.25, -0.2) is 0 Å². The molecule has 0 saturated carbocycles. The van der Waals surface area contributed by atoms with Crippen molar-refractivity contribution in [1.82, 2.24) is 9.88 Å². The smallest absolute Gasteiger partial charge is 0.0604 e. The van der Waals surface area contributed by atoms with Gasteiger partial charge in [0, 0.05) is 33.2 Å². The number of fused-ring (bicyclic) bond motifs is 3. The van der Waals surface area contributed by atoms with E-state index >= 15 is 0 Å². The Kier molecular flexibility index (Phi) is 5.97. The number of hydrogen-bond donors (Lipinski definition) is 2. The molecule has 2 N–H and O–H groups in total. The number of rotatable bonds is 6. The summed E-state index contributed by atoms with van der Waals surface area (Å²) in [7, 11) is 0. The van der Waals surface area contributed by atoms with Crippen LogP contribution in [-0.4, -0.2) is 16.8 Å². The highest BCUT2D eigenvalue weighted by molar-refractivity contribution is 9.10. The van der Waals surface area contributed by atoms with Crippen molar-refractivity contribution in [2.24, 2.45) is 5.10 Å². The first-order valence-corrected chi connectivity index (χ1v) is 12.1. The summed E-state index contributed by atoms with van der Waals surface area (Å²) in [6.07, 6.45) is 9.83. The van der Waals surface area contributed by atoms with Gasteiger partial charge in [0.05, 0.1) is 11.4 Å². The molecule has 0 bridgehead atoms.